The number of carbonyl (C=O) groups excluding carboxylic acids is 2. The van der Waals surface area contributed by atoms with E-state index in [4.69, 9.17) is 9.47 Å². The van der Waals surface area contributed by atoms with E-state index in [1.54, 1.807) is 6.07 Å². The topological polar surface area (TPSA) is 76.7 Å². The summed E-state index contributed by atoms with van der Waals surface area (Å²) in [5.41, 5.74) is 0.947. The van der Waals surface area contributed by atoms with Gasteiger partial charge >= 0.3 is 0 Å². The minimum Gasteiger partial charge on any atom is -0.486 e. The lowest BCUT2D eigenvalue weighted by Gasteiger charge is -2.25. The van der Waals surface area contributed by atoms with Crippen LogP contribution >= 0.6 is 11.3 Å². The largest absolute Gasteiger partial charge is 0.486 e. The smallest absolute Gasteiger partial charge is 0.261 e. The molecule has 0 saturated carbocycles. The van der Waals surface area contributed by atoms with Crippen LogP contribution in [0.5, 0.6) is 11.5 Å². The molecular formula is C20H24N2O4S. The molecular weight excluding hydrogens is 364 g/mol. The van der Waals surface area contributed by atoms with Crippen molar-refractivity contribution in [1.82, 2.24) is 10.6 Å². The third-order valence-corrected chi connectivity index (χ3v) is 5.28. The van der Waals surface area contributed by atoms with Crippen LogP contribution in [0.15, 0.2) is 30.3 Å². The standard InChI is InChI=1S/C20H24N2O4S/c1-12(2)19(14-5-6-15-16(10-14)26-9-8-25-15)22-18(23)11-21-20(24)17-7-4-13(3)27-17/h4-7,10,12,19H,8-9,11H2,1-3H3,(H,21,24)(H,22,23)/t19-/m0/s1. The van der Waals surface area contributed by atoms with E-state index in [0.29, 0.717) is 23.8 Å². The predicted molar refractivity (Wildman–Crippen MR) is 105 cm³/mol. The maximum atomic E-state index is 12.4. The SMILES string of the molecule is Cc1ccc(C(=O)NCC(=O)N[C@H](c2ccc3c(c2)OCCO3)C(C)C)s1. The molecule has 0 aliphatic carbocycles. The van der Waals surface area contributed by atoms with Gasteiger partial charge in [-0.1, -0.05) is 19.9 Å². The monoisotopic (exact) mass is 388 g/mol. The van der Waals surface area contributed by atoms with Crippen molar-refractivity contribution >= 4 is 23.2 Å². The van der Waals surface area contributed by atoms with Gasteiger partial charge in [-0.05, 0) is 42.7 Å². The van der Waals surface area contributed by atoms with Crippen molar-refractivity contribution < 1.29 is 19.1 Å². The van der Waals surface area contributed by atoms with E-state index in [1.165, 1.54) is 11.3 Å². The van der Waals surface area contributed by atoms with Gasteiger partial charge in [0.05, 0.1) is 17.5 Å². The molecule has 2 aromatic rings. The third kappa shape index (κ3) is 4.80. The van der Waals surface area contributed by atoms with Gasteiger partial charge in [-0.2, -0.15) is 0 Å². The van der Waals surface area contributed by atoms with E-state index in [-0.39, 0.29) is 30.3 Å². The molecule has 7 heteroatoms. The highest BCUT2D eigenvalue weighted by Crippen LogP contribution is 2.34. The van der Waals surface area contributed by atoms with Crippen LogP contribution in [0.4, 0.5) is 0 Å². The number of thiophene rings is 1. The van der Waals surface area contributed by atoms with Crippen LogP contribution in [0.25, 0.3) is 0 Å². The Labute approximate surface area is 162 Å². The summed E-state index contributed by atoms with van der Waals surface area (Å²) in [5.74, 6) is 1.12. The average Bonchev–Trinajstić information content (AvgIpc) is 3.10. The first kappa shape index (κ1) is 19.2. The highest BCUT2D eigenvalue weighted by molar-refractivity contribution is 7.13. The Morgan fingerprint density at radius 2 is 1.85 bits per heavy atom. The summed E-state index contributed by atoms with van der Waals surface area (Å²) >= 11 is 1.41. The first-order valence-corrected chi connectivity index (χ1v) is 9.79. The summed E-state index contributed by atoms with van der Waals surface area (Å²) in [6.45, 7) is 7.01. The van der Waals surface area contributed by atoms with Gasteiger partial charge in [-0.3, -0.25) is 9.59 Å². The molecule has 2 heterocycles. The van der Waals surface area contributed by atoms with E-state index in [0.717, 1.165) is 16.2 Å². The van der Waals surface area contributed by atoms with E-state index in [1.807, 2.05) is 45.0 Å². The maximum Gasteiger partial charge on any atom is 0.261 e. The number of hydrogen-bond acceptors (Lipinski definition) is 5. The zero-order valence-electron chi connectivity index (χ0n) is 15.7. The zero-order chi connectivity index (χ0) is 19.4. The van der Waals surface area contributed by atoms with E-state index in [9.17, 15) is 9.59 Å². The number of amides is 2. The molecule has 2 amide bonds. The first-order valence-electron chi connectivity index (χ1n) is 8.97. The molecule has 1 atom stereocenters. The number of hydrogen-bond donors (Lipinski definition) is 2. The molecule has 144 valence electrons. The number of ether oxygens (including phenoxy) is 2. The molecule has 0 bridgehead atoms. The van der Waals surface area contributed by atoms with E-state index in [2.05, 4.69) is 10.6 Å². The van der Waals surface area contributed by atoms with Gasteiger partial charge < -0.3 is 20.1 Å². The average molecular weight is 388 g/mol. The van der Waals surface area contributed by atoms with Gasteiger partial charge in [-0.15, -0.1) is 11.3 Å². The molecule has 27 heavy (non-hydrogen) atoms. The number of rotatable bonds is 6. The summed E-state index contributed by atoms with van der Waals surface area (Å²) in [6.07, 6.45) is 0. The van der Waals surface area contributed by atoms with Crippen LogP contribution in [0.2, 0.25) is 0 Å². The second-order valence-corrected chi connectivity index (χ2v) is 8.07. The molecule has 0 saturated heterocycles. The lowest BCUT2D eigenvalue weighted by Crippen LogP contribution is -2.40. The normalized spacial score (nSPS) is 13.9. The maximum absolute atomic E-state index is 12.4. The molecule has 1 aliphatic rings. The van der Waals surface area contributed by atoms with Gasteiger partial charge in [0.25, 0.3) is 5.91 Å². The van der Waals surface area contributed by atoms with Crippen molar-refractivity contribution in [2.45, 2.75) is 26.8 Å². The fourth-order valence-corrected chi connectivity index (χ4v) is 3.70. The molecule has 0 unspecified atom stereocenters. The fourth-order valence-electron chi connectivity index (χ4n) is 2.92. The van der Waals surface area contributed by atoms with Crippen LogP contribution < -0.4 is 20.1 Å². The Kier molecular flexibility index (Phi) is 6.01. The predicted octanol–water partition coefficient (Wildman–Crippen LogP) is 3.07. The molecule has 0 radical (unpaired) electrons. The van der Waals surface area contributed by atoms with Crippen LogP contribution in [-0.4, -0.2) is 31.6 Å². The number of benzene rings is 1. The van der Waals surface area contributed by atoms with E-state index < -0.39 is 0 Å². The second kappa shape index (κ2) is 8.43. The number of fused-ring (bicyclic) bond motifs is 1. The minimum absolute atomic E-state index is 0.0659. The molecule has 1 aliphatic heterocycles. The Balaban J connectivity index is 1.62. The highest BCUT2D eigenvalue weighted by Gasteiger charge is 2.21. The lowest BCUT2D eigenvalue weighted by atomic mass is 9.95. The molecule has 3 rings (SSSR count). The van der Waals surface area contributed by atoms with Gasteiger partial charge in [0, 0.05) is 4.88 Å². The molecule has 0 spiro atoms. The Morgan fingerprint density at radius 1 is 1.11 bits per heavy atom. The lowest BCUT2D eigenvalue weighted by molar-refractivity contribution is -0.121. The highest BCUT2D eigenvalue weighted by atomic mass is 32.1. The summed E-state index contributed by atoms with van der Waals surface area (Å²) in [4.78, 5) is 26.1. The summed E-state index contributed by atoms with van der Waals surface area (Å²) in [7, 11) is 0. The molecule has 2 N–H and O–H groups in total. The van der Waals surface area contributed by atoms with Crippen LogP contribution in [0.1, 0.15) is 40.0 Å². The van der Waals surface area contributed by atoms with Crippen molar-refractivity contribution in [1.29, 1.82) is 0 Å². The van der Waals surface area contributed by atoms with Crippen molar-refractivity contribution in [2.75, 3.05) is 19.8 Å². The molecule has 6 nitrogen and oxygen atoms in total. The van der Waals surface area contributed by atoms with Crippen molar-refractivity contribution in [3.05, 3.63) is 45.6 Å². The zero-order valence-corrected chi connectivity index (χ0v) is 16.5. The Bertz CT molecular complexity index is 831. The summed E-state index contributed by atoms with van der Waals surface area (Å²) < 4.78 is 11.2. The van der Waals surface area contributed by atoms with Gasteiger partial charge in [-0.25, -0.2) is 0 Å². The minimum atomic E-state index is -0.233. The molecule has 1 aromatic heterocycles. The van der Waals surface area contributed by atoms with Gasteiger partial charge in [0.1, 0.15) is 13.2 Å². The fraction of sp³-hybridized carbons (Fsp3) is 0.400. The van der Waals surface area contributed by atoms with Crippen molar-refractivity contribution in [3.8, 4) is 11.5 Å². The second-order valence-electron chi connectivity index (χ2n) is 6.79. The van der Waals surface area contributed by atoms with Gasteiger partial charge in [0.2, 0.25) is 5.91 Å². The van der Waals surface area contributed by atoms with Crippen LogP contribution in [-0.2, 0) is 4.79 Å². The third-order valence-electron chi connectivity index (χ3n) is 4.28. The number of nitrogens with one attached hydrogen (secondary N) is 2. The number of aryl methyl sites for hydroxylation is 1. The van der Waals surface area contributed by atoms with E-state index >= 15 is 0 Å². The quantitative estimate of drug-likeness (QED) is 0.797. The van der Waals surface area contributed by atoms with Crippen molar-refractivity contribution in [2.24, 2.45) is 5.92 Å². The molecule has 1 aromatic carbocycles. The Hall–Kier alpha value is -2.54. The van der Waals surface area contributed by atoms with Crippen LogP contribution in [0, 0.1) is 12.8 Å². The van der Waals surface area contributed by atoms with Gasteiger partial charge in [0.15, 0.2) is 11.5 Å². The Morgan fingerprint density at radius 3 is 2.52 bits per heavy atom. The first-order chi connectivity index (χ1) is 12.9. The van der Waals surface area contributed by atoms with Crippen LogP contribution in [0.3, 0.4) is 0 Å². The summed E-state index contributed by atoms with van der Waals surface area (Å²) in [6, 6.07) is 9.18. The molecule has 0 fully saturated rings. The summed E-state index contributed by atoms with van der Waals surface area (Å²) in [5, 5.41) is 5.68. The van der Waals surface area contributed by atoms with Crippen molar-refractivity contribution in [3.63, 3.8) is 0 Å². The number of carbonyl (C=O) groups is 2.